The summed E-state index contributed by atoms with van der Waals surface area (Å²) in [5, 5.41) is 10.9. The van der Waals surface area contributed by atoms with Crippen molar-refractivity contribution in [3.05, 3.63) is 58.1 Å². The van der Waals surface area contributed by atoms with Crippen LogP contribution in [-0.4, -0.2) is 25.2 Å². The van der Waals surface area contributed by atoms with Gasteiger partial charge in [0.15, 0.2) is 17.2 Å². The lowest BCUT2D eigenvalue weighted by Gasteiger charge is -2.11. The molecule has 0 aliphatic rings. The molecule has 0 bridgehead atoms. The van der Waals surface area contributed by atoms with Gasteiger partial charge < -0.3 is 14.2 Å². The first kappa shape index (κ1) is 17.6. The van der Waals surface area contributed by atoms with E-state index in [0.717, 1.165) is 18.4 Å². The highest BCUT2D eigenvalue weighted by molar-refractivity contribution is 5.45. The zero-order valence-electron chi connectivity index (χ0n) is 13.9. The Bertz CT molecular complexity index is 687. The topological polar surface area (TPSA) is 70.8 Å². The van der Waals surface area contributed by atoms with Crippen LogP contribution in [0.3, 0.4) is 0 Å². The molecule has 0 aliphatic heterocycles. The number of ether oxygens (including phenoxy) is 3. The van der Waals surface area contributed by atoms with Gasteiger partial charge in [0.05, 0.1) is 25.2 Å². The molecule has 2 aromatic rings. The lowest BCUT2D eigenvalue weighted by atomic mass is 10.2. The number of rotatable bonds is 9. The van der Waals surface area contributed by atoms with Crippen molar-refractivity contribution in [1.29, 1.82) is 0 Å². The molecular formula is C18H21NO5. The summed E-state index contributed by atoms with van der Waals surface area (Å²) in [4.78, 5) is 10.4. The molecular weight excluding hydrogens is 310 g/mol. The molecule has 0 spiro atoms. The number of para-hydroxylation sites is 2. The Morgan fingerprint density at radius 3 is 2.29 bits per heavy atom. The van der Waals surface area contributed by atoms with Gasteiger partial charge in [-0.3, -0.25) is 10.1 Å². The van der Waals surface area contributed by atoms with Crippen LogP contribution >= 0.6 is 0 Å². The van der Waals surface area contributed by atoms with Crippen LogP contribution in [0.2, 0.25) is 0 Å². The van der Waals surface area contributed by atoms with E-state index in [4.69, 9.17) is 14.2 Å². The fourth-order valence-corrected chi connectivity index (χ4v) is 2.19. The fourth-order valence-electron chi connectivity index (χ4n) is 2.19. The zero-order chi connectivity index (χ0) is 17.4. The largest absolute Gasteiger partial charge is 0.493 e. The smallest absolute Gasteiger partial charge is 0.310 e. The van der Waals surface area contributed by atoms with Gasteiger partial charge in [-0.25, -0.2) is 0 Å². The second kappa shape index (κ2) is 8.76. The molecule has 128 valence electrons. The van der Waals surface area contributed by atoms with Crippen LogP contribution < -0.4 is 14.2 Å². The van der Waals surface area contributed by atoms with Crippen molar-refractivity contribution in [2.24, 2.45) is 0 Å². The number of nitro benzene ring substituents is 1. The Morgan fingerprint density at radius 1 is 0.958 bits per heavy atom. The van der Waals surface area contributed by atoms with Gasteiger partial charge in [0.1, 0.15) is 0 Å². The van der Waals surface area contributed by atoms with Crippen LogP contribution in [-0.2, 0) is 0 Å². The van der Waals surface area contributed by atoms with Crippen LogP contribution in [0.5, 0.6) is 17.2 Å². The lowest BCUT2D eigenvalue weighted by molar-refractivity contribution is -0.385. The summed E-state index contributed by atoms with van der Waals surface area (Å²) in [6, 6.07) is 12.2. The molecule has 6 heteroatoms. The summed E-state index contributed by atoms with van der Waals surface area (Å²) in [6.07, 6.45) is 1.51. The molecule has 0 aliphatic carbocycles. The number of methoxy groups -OCH3 is 1. The zero-order valence-corrected chi connectivity index (χ0v) is 13.9. The molecule has 0 unspecified atom stereocenters. The minimum absolute atomic E-state index is 0.0156. The van der Waals surface area contributed by atoms with Crippen molar-refractivity contribution < 1.29 is 19.1 Å². The second-order valence-corrected chi connectivity index (χ2v) is 5.28. The van der Waals surface area contributed by atoms with E-state index in [9.17, 15) is 10.1 Å². The van der Waals surface area contributed by atoms with E-state index >= 15 is 0 Å². The summed E-state index contributed by atoms with van der Waals surface area (Å²) >= 11 is 0. The molecule has 0 N–H and O–H groups in total. The van der Waals surface area contributed by atoms with Gasteiger partial charge in [0.2, 0.25) is 0 Å². The minimum atomic E-state index is -0.442. The van der Waals surface area contributed by atoms with E-state index in [0.29, 0.717) is 30.5 Å². The van der Waals surface area contributed by atoms with Crippen LogP contribution in [0.15, 0.2) is 42.5 Å². The first-order chi connectivity index (χ1) is 11.6. The van der Waals surface area contributed by atoms with Gasteiger partial charge in [-0.05, 0) is 43.5 Å². The maximum atomic E-state index is 10.9. The molecule has 0 heterocycles. The Morgan fingerprint density at radius 2 is 1.62 bits per heavy atom. The third-order valence-electron chi connectivity index (χ3n) is 3.43. The van der Waals surface area contributed by atoms with E-state index in [1.807, 2.05) is 25.1 Å². The normalized spacial score (nSPS) is 10.2. The molecule has 24 heavy (non-hydrogen) atoms. The third kappa shape index (κ3) is 4.87. The molecule has 6 nitrogen and oxygen atoms in total. The summed E-state index contributed by atoms with van der Waals surface area (Å²) in [6.45, 7) is 2.92. The van der Waals surface area contributed by atoms with Crippen molar-refractivity contribution in [3.8, 4) is 17.2 Å². The van der Waals surface area contributed by atoms with Gasteiger partial charge in [-0.2, -0.15) is 0 Å². The molecule has 0 fully saturated rings. The van der Waals surface area contributed by atoms with E-state index in [1.54, 1.807) is 25.3 Å². The molecule has 0 aromatic heterocycles. The Hall–Kier alpha value is -2.76. The van der Waals surface area contributed by atoms with Crippen LogP contribution in [0.4, 0.5) is 5.69 Å². The van der Waals surface area contributed by atoms with Gasteiger partial charge in [-0.1, -0.05) is 18.2 Å². The summed E-state index contributed by atoms with van der Waals surface area (Å²) in [5.74, 6) is 1.72. The van der Waals surface area contributed by atoms with E-state index in [2.05, 4.69) is 0 Å². The highest BCUT2D eigenvalue weighted by Crippen LogP contribution is 2.28. The van der Waals surface area contributed by atoms with Crippen molar-refractivity contribution in [3.63, 3.8) is 0 Å². The maximum Gasteiger partial charge on any atom is 0.310 e. The summed E-state index contributed by atoms with van der Waals surface area (Å²) in [7, 11) is 1.61. The standard InChI is InChI=1S/C18H21NO5/c1-14-9-10-17(18(13-14)22-2)24-12-6-5-11-23-16-8-4-3-7-15(16)19(20)21/h3-4,7-10,13H,5-6,11-12H2,1-2H3. The molecule has 0 atom stereocenters. The van der Waals surface area contributed by atoms with Gasteiger partial charge >= 0.3 is 5.69 Å². The van der Waals surface area contributed by atoms with Crippen LogP contribution in [0.25, 0.3) is 0 Å². The average molecular weight is 331 g/mol. The Balaban J connectivity index is 1.74. The number of unbranched alkanes of at least 4 members (excludes halogenated alkanes) is 1. The van der Waals surface area contributed by atoms with Crippen LogP contribution in [0, 0.1) is 17.0 Å². The molecule has 2 rings (SSSR count). The fraction of sp³-hybridized carbons (Fsp3) is 0.333. The minimum Gasteiger partial charge on any atom is -0.493 e. The number of aryl methyl sites for hydroxylation is 1. The van der Waals surface area contributed by atoms with E-state index in [1.165, 1.54) is 6.07 Å². The van der Waals surface area contributed by atoms with E-state index < -0.39 is 4.92 Å². The molecule has 0 saturated carbocycles. The number of hydrogen-bond donors (Lipinski definition) is 0. The monoisotopic (exact) mass is 331 g/mol. The number of hydrogen-bond acceptors (Lipinski definition) is 5. The molecule has 0 radical (unpaired) electrons. The van der Waals surface area contributed by atoms with Crippen molar-refractivity contribution in [1.82, 2.24) is 0 Å². The summed E-state index contributed by atoms with van der Waals surface area (Å²) < 4.78 is 16.5. The quantitative estimate of drug-likeness (QED) is 0.392. The molecule has 0 amide bonds. The molecule has 0 saturated heterocycles. The number of nitro groups is 1. The lowest BCUT2D eigenvalue weighted by Crippen LogP contribution is -2.04. The highest BCUT2D eigenvalue weighted by Gasteiger charge is 2.13. The van der Waals surface area contributed by atoms with Crippen molar-refractivity contribution in [2.75, 3.05) is 20.3 Å². The third-order valence-corrected chi connectivity index (χ3v) is 3.43. The van der Waals surface area contributed by atoms with Gasteiger partial charge in [0.25, 0.3) is 0 Å². The average Bonchev–Trinajstić information content (AvgIpc) is 2.59. The first-order valence-corrected chi connectivity index (χ1v) is 7.75. The Labute approximate surface area is 141 Å². The van der Waals surface area contributed by atoms with Crippen molar-refractivity contribution >= 4 is 5.69 Å². The predicted molar refractivity (Wildman–Crippen MR) is 91.1 cm³/mol. The van der Waals surface area contributed by atoms with Crippen LogP contribution in [0.1, 0.15) is 18.4 Å². The molecule has 2 aromatic carbocycles. The maximum absolute atomic E-state index is 10.9. The first-order valence-electron chi connectivity index (χ1n) is 7.75. The SMILES string of the molecule is COc1cc(C)ccc1OCCCCOc1ccccc1[N+](=O)[O-]. The highest BCUT2D eigenvalue weighted by atomic mass is 16.6. The van der Waals surface area contributed by atoms with Gasteiger partial charge in [-0.15, -0.1) is 0 Å². The summed E-state index contributed by atoms with van der Waals surface area (Å²) in [5.41, 5.74) is 1.09. The number of nitrogens with zero attached hydrogens (tertiary/aromatic N) is 1. The van der Waals surface area contributed by atoms with E-state index in [-0.39, 0.29) is 5.69 Å². The van der Waals surface area contributed by atoms with Gasteiger partial charge in [0, 0.05) is 6.07 Å². The second-order valence-electron chi connectivity index (χ2n) is 5.28. The van der Waals surface area contributed by atoms with Crippen molar-refractivity contribution in [2.45, 2.75) is 19.8 Å². The number of benzene rings is 2. The Kier molecular flexibility index (Phi) is 6.42. The predicted octanol–water partition coefficient (Wildman–Crippen LogP) is 4.15.